The molecule has 0 amide bonds. The maximum atomic E-state index is 4.58. The summed E-state index contributed by atoms with van der Waals surface area (Å²) in [6.45, 7) is 8.76. The van der Waals surface area contributed by atoms with E-state index < -0.39 is 0 Å². The number of rotatable bonds is 4. The van der Waals surface area contributed by atoms with Gasteiger partial charge in [0, 0.05) is 10.5 Å². The highest BCUT2D eigenvalue weighted by atomic mass is 32.2. The molecule has 0 atom stereocenters. The molecular formula is C11H17NS2. The van der Waals surface area contributed by atoms with Crippen LogP contribution in [0.25, 0.3) is 0 Å². The van der Waals surface area contributed by atoms with Crippen molar-refractivity contribution in [1.82, 2.24) is 4.98 Å². The molecule has 1 nitrogen and oxygen atoms in total. The zero-order chi connectivity index (χ0) is 10.6. The molecule has 1 heterocycles. The molecule has 0 bridgehead atoms. The second-order valence-electron chi connectivity index (χ2n) is 3.65. The molecule has 0 aromatic carbocycles. The van der Waals surface area contributed by atoms with Crippen molar-refractivity contribution in [3.8, 4) is 0 Å². The van der Waals surface area contributed by atoms with Crippen molar-refractivity contribution in [3.63, 3.8) is 0 Å². The van der Waals surface area contributed by atoms with Gasteiger partial charge in [0.25, 0.3) is 0 Å². The Morgan fingerprint density at radius 1 is 0.929 bits per heavy atom. The lowest BCUT2D eigenvalue weighted by atomic mass is 10.5. The summed E-state index contributed by atoms with van der Waals surface area (Å²) in [5, 5.41) is 3.46. The first-order valence-corrected chi connectivity index (χ1v) is 6.64. The molecule has 78 valence electrons. The first kappa shape index (κ1) is 11.9. The number of thioether (sulfide) groups is 2. The normalized spacial score (nSPS) is 11.3. The summed E-state index contributed by atoms with van der Waals surface area (Å²) in [5.74, 6) is 0. The summed E-state index contributed by atoms with van der Waals surface area (Å²) in [6, 6.07) is 6.24. The zero-order valence-electron chi connectivity index (χ0n) is 9.15. The minimum atomic E-state index is 0.599. The Hall–Kier alpha value is -0.150. The van der Waals surface area contributed by atoms with Gasteiger partial charge < -0.3 is 0 Å². The van der Waals surface area contributed by atoms with Crippen LogP contribution in [0.5, 0.6) is 0 Å². The molecule has 0 N–H and O–H groups in total. The van der Waals surface area contributed by atoms with Gasteiger partial charge >= 0.3 is 0 Å². The maximum absolute atomic E-state index is 4.58. The second-order valence-corrected chi connectivity index (χ2v) is 6.84. The van der Waals surface area contributed by atoms with E-state index in [-0.39, 0.29) is 0 Å². The van der Waals surface area contributed by atoms with Crippen molar-refractivity contribution in [1.29, 1.82) is 0 Å². The van der Waals surface area contributed by atoms with Gasteiger partial charge in [0.15, 0.2) is 0 Å². The van der Waals surface area contributed by atoms with Crippen molar-refractivity contribution < 1.29 is 0 Å². The van der Waals surface area contributed by atoms with Crippen LogP contribution in [0.4, 0.5) is 0 Å². The van der Waals surface area contributed by atoms with E-state index in [0.717, 1.165) is 10.1 Å². The molecule has 0 saturated carbocycles. The molecule has 0 aliphatic rings. The highest BCUT2D eigenvalue weighted by Crippen LogP contribution is 2.25. The second kappa shape index (κ2) is 5.66. The summed E-state index contributed by atoms with van der Waals surface area (Å²) >= 11 is 3.63. The summed E-state index contributed by atoms with van der Waals surface area (Å²) in [7, 11) is 0. The van der Waals surface area contributed by atoms with E-state index in [1.807, 2.05) is 23.5 Å². The summed E-state index contributed by atoms with van der Waals surface area (Å²) in [6.07, 6.45) is 0. The third-order valence-electron chi connectivity index (χ3n) is 1.41. The predicted octanol–water partition coefficient (Wildman–Crippen LogP) is 4.08. The molecule has 0 aliphatic carbocycles. The number of hydrogen-bond donors (Lipinski definition) is 0. The van der Waals surface area contributed by atoms with Crippen LogP contribution in [0, 0.1) is 0 Å². The van der Waals surface area contributed by atoms with Crippen LogP contribution in [-0.2, 0) is 0 Å². The average molecular weight is 227 g/mol. The Bertz CT molecular complexity index is 259. The maximum Gasteiger partial charge on any atom is 0.0976 e. The monoisotopic (exact) mass is 227 g/mol. The van der Waals surface area contributed by atoms with E-state index in [9.17, 15) is 0 Å². The molecule has 1 rings (SSSR count). The minimum Gasteiger partial charge on any atom is -0.235 e. The van der Waals surface area contributed by atoms with Gasteiger partial charge in [-0.05, 0) is 12.1 Å². The van der Waals surface area contributed by atoms with Gasteiger partial charge in [-0.2, -0.15) is 0 Å². The Balaban J connectivity index is 2.68. The molecule has 0 spiro atoms. The first-order valence-electron chi connectivity index (χ1n) is 4.88. The number of nitrogens with zero attached hydrogens (tertiary/aromatic N) is 1. The SMILES string of the molecule is CC(C)Sc1cccc(SC(C)C)n1. The van der Waals surface area contributed by atoms with Crippen molar-refractivity contribution >= 4 is 23.5 Å². The molecular weight excluding hydrogens is 210 g/mol. The van der Waals surface area contributed by atoms with Crippen LogP contribution in [-0.4, -0.2) is 15.5 Å². The Morgan fingerprint density at radius 2 is 1.36 bits per heavy atom. The molecule has 1 aromatic heterocycles. The molecule has 14 heavy (non-hydrogen) atoms. The highest BCUT2D eigenvalue weighted by Gasteiger charge is 2.03. The van der Waals surface area contributed by atoms with Crippen LogP contribution in [0.2, 0.25) is 0 Å². The average Bonchev–Trinajstić information content (AvgIpc) is 2.01. The smallest absolute Gasteiger partial charge is 0.0976 e. The van der Waals surface area contributed by atoms with Gasteiger partial charge in [0.05, 0.1) is 10.1 Å². The highest BCUT2D eigenvalue weighted by molar-refractivity contribution is 8.00. The molecule has 0 aliphatic heterocycles. The van der Waals surface area contributed by atoms with Gasteiger partial charge in [-0.1, -0.05) is 33.8 Å². The van der Waals surface area contributed by atoms with E-state index >= 15 is 0 Å². The molecule has 0 saturated heterocycles. The van der Waals surface area contributed by atoms with Crippen LogP contribution >= 0.6 is 23.5 Å². The number of aromatic nitrogens is 1. The zero-order valence-corrected chi connectivity index (χ0v) is 10.8. The fourth-order valence-electron chi connectivity index (χ4n) is 1.01. The molecule has 3 heteroatoms. The first-order chi connectivity index (χ1) is 6.58. The Kier molecular flexibility index (Phi) is 4.82. The van der Waals surface area contributed by atoms with Crippen molar-refractivity contribution in [3.05, 3.63) is 18.2 Å². The standard InChI is InChI=1S/C11H17NS2/c1-8(2)13-10-6-5-7-11(12-10)14-9(3)4/h5-9H,1-4H3. The lowest BCUT2D eigenvalue weighted by Gasteiger charge is -2.07. The van der Waals surface area contributed by atoms with Crippen molar-refractivity contribution in [2.75, 3.05) is 0 Å². The van der Waals surface area contributed by atoms with Gasteiger partial charge in [0.2, 0.25) is 0 Å². The largest absolute Gasteiger partial charge is 0.235 e. The predicted molar refractivity (Wildman–Crippen MR) is 66.2 cm³/mol. The van der Waals surface area contributed by atoms with Crippen LogP contribution < -0.4 is 0 Å². The van der Waals surface area contributed by atoms with Crippen molar-refractivity contribution in [2.24, 2.45) is 0 Å². The lowest BCUT2D eigenvalue weighted by molar-refractivity contribution is 0.982. The van der Waals surface area contributed by atoms with E-state index in [2.05, 4.69) is 50.9 Å². The molecule has 0 unspecified atom stereocenters. The number of hydrogen-bond acceptors (Lipinski definition) is 3. The van der Waals surface area contributed by atoms with Crippen LogP contribution in [0.1, 0.15) is 27.7 Å². The van der Waals surface area contributed by atoms with Gasteiger partial charge in [-0.3, -0.25) is 0 Å². The summed E-state index contributed by atoms with van der Waals surface area (Å²) < 4.78 is 0. The van der Waals surface area contributed by atoms with Gasteiger partial charge in [0.1, 0.15) is 0 Å². The van der Waals surface area contributed by atoms with E-state index in [1.165, 1.54) is 0 Å². The fourth-order valence-corrected chi connectivity index (χ4v) is 2.65. The lowest BCUT2D eigenvalue weighted by Crippen LogP contribution is -1.92. The van der Waals surface area contributed by atoms with Crippen LogP contribution in [0.3, 0.4) is 0 Å². The molecule has 0 radical (unpaired) electrons. The quantitative estimate of drug-likeness (QED) is 0.719. The summed E-state index contributed by atoms with van der Waals surface area (Å²) in [4.78, 5) is 4.58. The van der Waals surface area contributed by atoms with Gasteiger partial charge in [-0.15, -0.1) is 23.5 Å². The fraction of sp³-hybridized carbons (Fsp3) is 0.545. The van der Waals surface area contributed by atoms with E-state index in [0.29, 0.717) is 10.5 Å². The van der Waals surface area contributed by atoms with Gasteiger partial charge in [-0.25, -0.2) is 4.98 Å². The van der Waals surface area contributed by atoms with E-state index in [1.54, 1.807) is 0 Å². The third-order valence-corrected chi connectivity index (χ3v) is 3.29. The number of pyridine rings is 1. The van der Waals surface area contributed by atoms with Crippen LogP contribution in [0.15, 0.2) is 28.3 Å². The summed E-state index contributed by atoms with van der Waals surface area (Å²) in [5.41, 5.74) is 0. The minimum absolute atomic E-state index is 0.599. The van der Waals surface area contributed by atoms with E-state index in [4.69, 9.17) is 0 Å². The third kappa shape index (κ3) is 4.38. The topological polar surface area (TPSA) is 12.9 Å². The Labute approximate surface area is 95.1 Å². The molecule has 1 aromatic rings. The van der Waals surface area contributed by atoms with Crippen molar-refractivity contribution in [2.45, 2.75) is 48.2 Å². The Morgan fingerprint density at radius 3 is 1.71 bits per heavy atom. The molecule has 0 fully saturated rings.